The molecule has 1 fully saturated rings. The number of amides is 6. The van der Waals surface area contributed by atoms with Gasteiger partial charge in [-0.15, -0.1) is 0 Å². The van der Waals surface area contributed by atoms with E-state index in [0.29, 0.717) is 184 Å². The number of ether oxygens (including phenoxy) is 11. The van der Waals surface area contributed by atoms with Gasteiger partial charge in [0.2, 0.25) is 23.7 Å². The number of nitrogens with zero attached hydrogens (tertiary/aromatic N) is 6. The number of piperidine rings is 1. The smallest absolute Gasteiger partial charge is 0.319 e. The average Bonchev–Trinajstić information content (AvgIpc) is 1.68. The van der Waals surface area contributed by atoms with Gasteiger partial charge in [-0.3, -0.25) is 24.5 Å². The van der Waals surface area contributed by atoms with Crippen molar-refractivity contribution in [2.45, 2.75) is 76.9 Å². The minimum absolute atomic E-state index is 0.194. The van der Waals surface area contributed by atoms with Crippen LogP contribution >= 0.6 is 11.6 Å². The molecule has 5 N–H and O–H groups in total. The van der Waals surface area contributed by atoms with E-state index in [-0.39, 0.29) is 43.3 Å². The lowest BCUT2D eigenvalue weighted by molar-refractivity contribution is -0.137. The summed E-state index contributed by atoms with van der Waals surface area (Å²) in [6.45, 7) is 16.1. The van der Waals surface area contributed by atoms with Crippen LogP contribution in [-0.2, 0) is 88.3 Å². The summed E-state index contributed by atoms with van der Waals surface area (Å²) in [6, 6.07) is 23.7. The molecule has 0 aliphatic carbocycles. The molecule has 2 aliphatic heterocycles. The van der Waals surface area contributed by atoms with E-state index in [1.807, 2.05) is 69.7 Å². The fourth-order valence-corrected chi connectivity index (χ4v) is 12.0. The van der Waals surface area contributed by atoms with E-state index < -0.39 is 11.9 Å². The topological polar surface area (TPSA) is 287 Å². The molecule has 0 spiro atoms. The molecule has 566 valence electrons. The van der Waals surface area contributed by atoms with Crippen LogP contribution < -0.4 is 36.2 Å². The van der Waals surface area contributed by atoms with Crippen molar-refractivity contribution in [3.05, 3.63) is 131 Å². The highest BCUT2D eigenvalue weighted by molar-refractivity contribution is 6.31. The Morgan fingerprint density at radius 3 is 1.88 bits per heavy atom. The number of methoxy groups -OCH3 is 1. The predicted octanol–water partition coefficient (Wildman–Crippen LogP) is 9.37. The maximum atomic E-state index is 13.0. The summed E-state index contributed by atoms with van der Waals surface area (Å²) < 4.78 is 64.4. The van der Waals surface area contributed by atoms with Gasteiger partial charge in [-0.25, -0.2) is 14.8 Å². The third-order valence-corrected chi connectivity index (χ3v) is 17.5. The number of halogens is 1. The Labute approximate surface area is 615 Å². The van der Waals surface area contributed by atoms with Gasteiger partial charge in [0.15, 0.2) is 0 Å². The molecule has 0 radical (unpaired) electrons. The number of unbranched alkanes of at least 4 members (excludes halogenated alkanes) is 5. The van der Waals surface area contributed by atoms with Gasteiger partial charge in [0.1, 0.15) is 11.8 Å². The fourth-order valence-electron chi connectivity index (χ4n) is 11.7. The van der Waals surface area contributed by atoms with Crippen molar-refractivity contribution in [3.8, 4) is 17.0 Å². The molecule has 28 heteroatoms. The Morgan fingerprint density at radius 1 is 0.654 bits per heavy atom. The van der Waals surface area contributed by atoms with Crippen LogP contribution in [0.1, 0.15) is 78.4 Å². The van der Waals surface area contributed by atoms with E-state index in [1.165, 1.54) is 11.0 Å². The Balaban J connectivity index is 0.519. The number of carbonyl (C=O) groups excluding carboxylic acids is 5. The molecule has 0 bridgehead atoms. The standard InChI is InChI=1S/C76H104ClN11O16/c1-6-71(89)81-65-51-66(83-75-78-23-22-64(82-75)63-55-87(4)67-17-13-12-16-62(63)67)70(94-5)52-69(65)86(3)25-24-85(2)26-28-96-30-32-98-34-36-100-38-40-102-42-44-104-46-45-103-43-41-101-39-37-99-35-33-97-31-29-95-27-14-10-8-7-9-11-15-56-48-59(77)50-60(49-56)80-76(93)79-53-57-18-19-61-58(47-57)54-88(74(61)92)68-20-21-72(90)84-73(68)91/h6,12-13,16-19,22-23,47-52,55,68H,1,7-11,14-15,20-21,24-46,53-54H2,2-5H3,(H,81,89)(H,78,82,83)(H2,79,80,93)(H,84,90,91). The highest BCUT2D eigenvalue weighted by Crippen LogP contribution is 2.39. The molecule has 2 aliphatic rings. The lowest BCUT2D eigenvalue weighted by atomic mass is 10.0. The zero-order chi connectivity index (χ0) is 73.5. The summed E-state index contributed by atoms with van der Waals surface area (Å²) in [5.41, 5.74) is 8.57. The number of likely N-dealkylation sites (N-methyl/N-ethyl adjacent to an activating group) is 2. The molecule has 8 rings (SSSR count). The van der Waals surface area contributed by atoms with Crippen molar-refractivity contribution in [1.29, 1.82) is 0 Å². The third-order valence-electron chi connectivity index (χ3n) is 17.3. The number of carbonyl (C=O) groups is 5. The maximum Gasteiger partial charge on any atom is 0.319 e. The molecule has 1 atom stereocenters. The van der Waals surface area contributed by atoms with Crippen molar-refractivity contribution in [3.63, 3.8) is 0 Å². The van der Waals surface area contributed by atoms with Crippen LogP contribution in [0.5, 0.6) is 5.75 Å². The lowest BCUT2D eigenvalue weighted by Crippen LogP contribution is -2.52. The van der Waals surface area contributed by atoms with E-state index >= 15 is 0 Å². The number of anilines is 5. The monoisotopic (exact) mass is 1460 g/mol. The second kappa shape index (κ2) is 45.9. The number of benzene rings is 4. The number of rotatable bonds is 53. The van der Waals surface area contributed by atoms with Gasteiger partial charge in [-0.05, 0) is 98.0 Å². The number of fused-ring (bicyclic) bond motifs is 2. The molecule has 1 unspecified atom stereocenters. The number of para-hydroxylation sites is 1. The first-order valence-electron chi connectivity index (χ1n) is 35.8. The SMILES string of the molecule is C=CC(=O)Nc1cc(Nc2nccc(-c3cn(C)c4ccccc34)n2)c(OC)cc1N(C)CCN(C)CCOCCOCCOCCOCCOCCOCCOCCOCCOCCOCCCCCCCCc1cc(Cl)cc(NC(=O)NCc2ccc3c(c2)CN(C2CCC(=O)NC2=O)C3=O)c1. The van der Waals surface area contributed by atoms with Gasteiger partial charge in [0, 0.05) is 111 Å². The summed E-state index contributed by atoms with van der Waals surface area (Å²) in [5, 5.41) is 16.0. The van der Waals surface area contributed by atoms with Crippen LogP contribution in [-0.4, -0.2) is 233 Å². The van der Waals surface area contributed by atoms with Crippen molar-refractivity contribution < 1.29 is 76.1 Å². The van der Waals surface area contributed by atoms with E-state index in [9.17, 15) is 24.0 Å². The molecule has 6 aromatic rings. The summed E-state index contributed by atoms with van der Waals surface area (Å²) in [5.74, 6) is -0.421. The lowest BCUT2D eigenvalue weighted by Gasteiger charge is -2.29. The minimum atomic E-state index is -0.680. The largest absolute Gasteiger partial charge is 0.494 e. The fraction of sp³-hybridized carbons (Fsp3) is 0.513. The molecule has 6 amide bonds. The highest BCUT2D eigenvalue weighted by Gasteiger charge is 2.39. The predicted molar refractivity (Wildman–Crippen MR) is 399 cm³/mol. The molecule has 4 aromatic carbocycles. The number of hydrogen-bond acceptors (Lipinski definition) is 21. The zero-order valence-electron chi connectivity index (χ0n) is 60.7. The number of urea groups is 1. The van der Waals surface area contributed by atoms with Crippen LogP contribution in [0.3, 0.4) is 0 Å². The van der Waals surface area contributed by atoms with Gasteiger partial charge < -0.3 is 92.6 Å². The van der Waals surface area contributed by atoms with Crippen molar-refractivity contribution >= 4 is 80.9 Å². The summed E-state index contributed by atoms with van der Waals surface area (Å²) in [4.78, 5) is 77.6. The average molecular weight is 1460 g/mol. The summed E-state index contributed by atoms with van der Waals surface area (Å²) in [7, 11) is 7.62. The normalized spacial score (nSPS) is 13.6. The van der Waals surface area contributed by atoms with Gasteiger partial charge >= 0.3 is 6.03 Å². The van der Waals surface area contributed by atoms with Crippen molar-refractivity contribution in [1.82, 2.24) is 35.0 Å². The van der Waals surface area contributed by atoms with E-state index in [1.54, 1.807) is 31.5 Å². The van der Waals surface area contributed by atoms with Crippen molar-refractivity contribution in [2.24, 2.45) is 7.05 Å². The Hall–Kier alpha value is -8.16. The first-order chi connectivity index (χ1) is 50.8. The van der Waals surface area contributed by atoms with Gasteiger partial charge in [0.25, 0.3) is 5.91 Å². The molecule has 0 saturated carbocycles. The molecular weight excluding hydrogens is 1360 g/mol. The Kier molecular flexibility index (Phi) is 36.0. The van der Waals surface area contributed by atoms with E-state index in [2.05, 4.69) is 70.8 Å². The highest BCUT2D eigenvalue weighted by atomic mass is 35.5. The number of aryl methyl sites for hydroxylation is 2. The van der Waals surface area contributed by atoms with Crippen molar-refractivity contribution in [2.75, 3.05) is 194 Å². The first kappa shape index (κ1) is 81.5. The zero-order valence-corrected chi connectivity index (χ0v) is 61.4. The first-order valence-corrected chi connectivity index (χ1v) is 36.2. The van der Waals surface area contributed by atoms with E-state index in [0.717, 1.165) is 103 Å². The summed E-state index contributed by atoms with van der Waals surface area (Å²) >= 11 is 6.43. The molecule has 2 aromatic heterocycles. The summed E-state index contributed by atoms with van der Waals surface area (Å²) in [6.07, 6.45) is 12.8. The molecular formula is C76H104ClN11O16. The van der Waals surface area contributed by atoms with Crippen LogP contribution in [0.4, 0.5) is 33.5 Å². The Morgan fingerprint density at radius 2 is 1.26 bits per heavy atom. The van der Waals surface area contributed by atoms with Gasteiger partial charge in [0.05, 0.1) is 155 Å². The van der Waals surface area contributed by atoms with Gasteiger partial charge in [-0.1, -0.05) is 74.2 Å². The molecule has 1 saturated heterocycles. The second-order valence-corrected chi connectivity index (χ2v) is 25.5. The third kappa shape index (κ3) is 28.0. The Bertz CT molecular complexity index is 3660. The number of imide groups is 1. The quantitative estimate of drug-likeness (QED) is 0.0135. The van der Waals surface area contributed by atoms with Crippen LogP contribution in [0.25, 0.3) is 22.2 Å². The van der Waals surface area contributed by atoms with Crippen LogP contribution in [0.2, 0.25) is 5.02 Å². The van der Waals surface area contributed by atoms with E-state index in [4.69, 9.17) is 68.7 Å². The molecule has 104 heavy (non-hydrogen) atoms. The second-order valence-electron chi connectivity index (χ2n) is 25.1. The number of aromatic nitrogens is 3. The van der Waals surface area contributed by atoms with Gasteiger partial charge in [-0.2, -0.15) is 0 Å². The molecule has 27 nitrogen and oxygen atoms in total. The van der Waals surface area contributed by atoms with Crippen LogP contribution in [0.15, 0.2) is 104 Å². The minimum Gasteiger partial charge on any atom is -0.494 e. The molecule has 4 heterocycles. The number of nitrogens with one attached hydrogen (secondary N) is 5. The van der Waals surface area contributed by atoms with Crippen LogP contribution in [0, 0.1) is 0 Å². The maximum absolute atomic E-state index is 13.0. The number of hydrogen-bond donors (Lipinski definition) is 5.